The van der Waals surface area contributed by atoms with Gasteiger partial charge in [0.15, 0.2) is 0 Å². The molecule has 3 amide bonds. The molecular weight excluding hydrogens is 282 g/mol. The first-order valence-electron chi connectivity index (χ1n) is 6.97. The quantitative estimate of drug-likeness (QED) is 0.559. The molecule has 0 aliphatic carbocycles. The molecule has 0 saturated heterocycles. The van der Waals surface area contributed by atoms with E-state index in [0.717, 1.165) is 11.1 Å². The molecule has 0 bridgehead atoms. The summed E-state index contributed by atoms with van der Waals surface area (Å²) in [5, 5.41) is 0. The molecule has 22 heavy (non-hydrogen) atoms. The maximum Gasteiger partial charge on any atom is 0.327 e. The minimum atomic E-state index is -1.16. The van der Waals surface area contributed by atoms with E-state index in [0.29, 0.717) is 0 Å². The normalized spacial score (nSPS) is 11.7. The molecule has 0 heterocycles. The third-order valence-electron chi connectivity index (χ3n) is 3.55. The van der Waals surface area contributed by atoms with Crippen LogP contribution in [-0.2, 0) is 25.2 Å². The molecule has 0 aromatic heterocycles. The van der Waals surface area contributed by atoms with Crippen molar-refractivity contribution in [2.45, 2.75) is 45.4 Å². The molecule has 1 aromatic rings. The minimum absolute atomic E-state index is 0.0282. The van der Waals surface area contributed by atoms with Gasteiger partial charge in [-0.1, -0.05) is 45.0 Å². The summed E-state index contributed by atoms with van der Waals surface area (Å²) in [6, 6.07) is 7.73. The molecule has 0 radical (unpaired) electrons. The third-order valence-corrected chi connectivity index (χ3v) is 3.55. The van der Waals surface area contributed by atoms with Gasteiger partial charge in [-0.15, -0.1) is 0 Å². The Morgan fingerprint density at radius 2 is 1.32 bits per heavy atom. The monoisotopic (exact) mass is 305 g/mol. The van der Waals surface area contributed by atoms with Crippen molar-refractivity contribution >= 4 is 17.7 Å². The highest BCUT2D eigenvalue weighted by Crippen LogP contribution is 2.27. The summed E-state index contributed by atoms with van der Waals surface area (Å²) in [7, 11) is 0. The van der Waals surface area contributed by atoms with Crippen LogP contribution >= 0.6 is 0 Å². The number of amides is 3. The van der Waals surface area contributed by atoms with Crippen molar-refractivity contribution in [1.82, 2.24) is 10.9 Å². The molecule has 0 saturated carbocycles. The second-order valence-electron chi connectivity index (χ2n) is 6.72. The maximum absolute atomic E-state index is 12.2. The Kier molecular flexibility index (Phi) is 4.96. The fourth-order valence-corrected chi connectivity index (χ4v) is 1.85. The van der Waals surface area contributed by atoms with Crippen molar-refractivity contribution in [2.75, 3.05) is 0 Å². The molecule has 1 rings (SSSR count). The van der Waals surface area contributed by atoms with Gasteiger partial charge in [0.2, 0.25) is 5.91 Å². The average molecular weight is 305 g/mol. The average Bonchev–Trinajstić information content (AvgIpc) is 2.43. The molecule has 6 heteroatoms. The summed E-state index contributed by atoms with van der Waals surface area (Å²) < 4.78 is 0. The Bertz CT molecular complexity index is 584. The van der Waals surface area contributed by atoms with Gasteiger partial charge in [-0.3, -0.25) is 25.2 Å². The van der Waals surface area contributed by atoms with Crippen molar-refractivity contribution in [3.05, 3.63) is 35.4 Å². The van der Waals surface area contributed by atoms with E-state index in [1.807, 2.05) is 29.7 Å². The highest BCUT2D eigenvalue weighted by atomic mass is 16.2. The van der Waals surface area contributed by atoms with Crippen molar-refractivity contribution < 1.29 is 14.4 Å². The molecule has 120 valence electrons. The highest BCUT2D eigenvalue weighted by molar-refractivity contribution is 6.34. The summed E-state index contributed by atoms with van der Waals surface area (Å²) in [5.41, 5.74) is 10.1. The van der Waals surface area contributed by atoms with Crippen molar-refractivity contribution in [3.8, 4) is 0 Å². The zero-order valence-electron chi connectivity index (χ0n) is 13.6. The van der Waals surface area contributed by atoms with Gasteiger partial charge < -0.3 is 5.73 Å². The van der Waals surface area contributed by atoms with Crippen LogP contribution < -0.4 is 16.6 Å². The summed E-state index contributed by atoms with van der Waals surface area (Å²) in [4.78, 5) is 33.9. The summed E-state index contributed by atoms with van der Waals surface area (Å²) in [6.07, 6.45) is 0. The van der Waals surface area contributed by atoms with Crippen molar-refractivity contribution in [3.63, 3.8) is 0 Å². The van der Waals surface area contributed by atoms with E-state index < -0.39 is 23.1 Å². The molecular formula is C16H23N3O3. The van der Waals surface area contributed by atoms with E-state index in [9.17, 15) is 14.4 Å². The Balaban J connectivity index is 2.87. The van der Waals surface area contributed by atoms with E-state index in [2.05, 4.69) is 26.2 Å². The van der Waals surface area contributed by atoms with Gasteiger partial charge in [-0.25, -0.2) is 0 Å². The molecule has 1 aromatic carbocycles. The van der Waals surface area contributed by atoms with Crippen LogP contribution in [0.2, 0.25) is 0 Å². The summed E-state index contributed by atoms with van der Waals surface area (Å²) >= 11 is 0. The number of hydrogen-bond acceptors (Lipinski definition) is 3. The summed E-state index contributed by atoms with van der Waals surface area (Å²) in [6.45, 7) is 9.79. The number of primary amides is 1. The topological polar surface area (TPSA) is 101 Å². The second kappa shape index (κ2) is 6.17. The summed E-state index contributed by atoms with van der Waals surface area (Å²) in [5.74, 6) is -2.66. The molecule has 0 fully saturated rings. The van der Waals surface area contributed by atoms with E-state index in [1.54, 1.807) is 13.8 Å². The minimum Gasteiger partial charge on any atom is -0.361 e. The largest absolute Gasteiger partial charge is 0.361 e. The Labute approximate surface area is 130 Å². The molecule has 0 aliphatic heterocycles. The second-order valence-corrected chi connectivity index (χ2v) is 6.72. The molecule has 0 atom stereocenters. The van der Waals surface area contributed by atoms with Crippen LogP contribution in [0, 0.1) is 0 Å². The number of hydrogen-bond donors (Lipinski definition) is 3. The van der Waals surface area contributed by atoms with Gasteiger partial charge in [0.05, 0.1) is 5.41 Å². The van der Waals surface area contributed by atoms with E-state index in [4.69, 9.17) is 5.73 Å². The molecule has 0 spiro atoms. The zero-order chi connectivity index (χ0) is 17.1. The van der Waals surface area contributed by atoms with E-state index in [-0.39, 0.29) is 5.41 Å². The number of carbonyl (C=O) groups is 3. The lowest BCUT2D eigenvalue weighted by Gasteiger charge is -2.26. The standard InChI is InChI=1S/C16H23N3O3/c1-15(2,3)10-6-8-11(9-7-10)16(4,5)14(22)19-18-13(21)12(17)20/h6-9H,1-5H3,(H2,17,20)(H,18,21)(H,19,22). The van der Waals surface area contributed by atoms with Crippen LogP contribution in [0.1, 0.15) is 45.7 Å². The number of nitrogens with two attached hydrogens (primary N) is 1. The fraction of sp³-hybridized carbons (Fsp3) is 0.438. The maximum atomic E-state index is 12.2. The van der Waals surface area contributed by atoms with Gasteiger partial charge >= 0.3 is 11.8 Å². The molecule has 4 N–H and O–H groups in total. The smallest absolute Gasteiger partial charge is 0.327 e. The van der Waals surface area contributed by atoms with Crippen molar-refractivity contribution in [1.29, 1.82) is 0 Å². The van der Waals surface area contributed by atoms with Crippen LogP contribution in [0.4, 0.5) is 0 Å². The lowest BCUT2D eigenvalue weighted by molar-refractivity contribution is -0.139. The Morgan fingerprint density at radius 3 is 1.73 bits per heavy atom. The lowest BCUT2D eigenvalue weighted by atomic mass is 9.81. The fourth-order valence-electron chi connectivity index (χ4n) is 1.85. The zero-order valence-corrected chi connectivity index (χ0v) is 13.6. The molecule has 6 nitrogen and oxygen atoms in total. The predicted molar refractivity (Wildman–Crippen MR) is 83.6 cm³/mol. The molecule has 0 unspecified atom stereocenters. The van der Waals surface area contributed by atoms with Crippen LogP contribution in [0.25, 0.3) is 0 Å². The van der Waals surface area contributed by atoms with Gasteiger partial charge in [0, 0.05) is 0 Å². The number of hydrazine groups is 1. The van der Waals surface area contributed by atoms with Gasteiger partial charge in [-0.05, 0) is 30.4 Å². The lowest BCUT2D eigenvalue weighted by Crippen LogP contribution is -2.52. The SMILES string of the molecule is CC(C)(C)c1ccc(C(C)(C)C(=O)NNC(=O)C(N)=O)cc1. The van der Waals surface area contributed by atoms with Crippen LogP contribution in [0.5, 0.6) is 0 Å². The Morgan fingerprint density at radius 1 is 0.864 bits per heavy atom. The van der Waals surface area contributed by atoms with Crippen LogP contribution in [0.15, 0.2) is 24.3 Å². The number of carbonyl (C=O) groups excluding carboxylic acids is 3. The highest BCUT2D eigenvalue weighted by Gasteiger charge is 2.30. The van der Waals surface area contributed by atoms with Crippen LogP contribution in [-0.4, -0.2) is 17.7 Å². The van der Waals surface area contributed by atoms with E-state index in [1.165, 1.54) is 0 Å². The molecule has 0 aliphatic rings. The third kappa shape index (κ3) is 4.07. The van der Waals surface area contributed by atoms with Gasteiger partial charge in [0.1, 0.15) is 0 Å². The van der Waals surface area contributed by atoms with Gasteiger partial charge in [0.25, 0.3) is 0 Å². The van der Waals surface area contributed by atoms with Gasteiger partial charge in [-0.2, -0.15) is 0 Å². The Hall–Kier alpha value is -2.37. The first-order chi connectivity index (χ1) is 9.96. The first-order valence-corrected chi connectivity index (χ1v) is 6.97. The number of nitrogens with one attached hydrogen (secondary N) is 2. The van der Waals surface area contributed by atoms with Crippen LogP contribution in [0.3, 0.4) is 0 Å². The van der Waals surface area contributed by atoms with E-state index >= 15 is 0 Å². The van der Waals surface area contributed by atoms with Crippen molar-refractivity contribution in [2.24, 2.45) is 5.73 Å². The first kappa shape index (κ1) is 17.7. The number of rotatable bonds is 2. The number of benzene rings is 1. The predicted octanol–water partition coefficient (Wildman–Crippen LogP) is 0.894.